The number of esters is 1. The topological polar surface area (TPSA) is 47.6 Å². The minimum Gasteiger partial charge on any atom is -0.435 e. The second-order valence-electron chi connectivity index (χ2n) is 5.23. The first-order valence-corrected chi connectivity index (χ1v) is 8.05. The number of carbonyl (C=O) groups excluding carboxylic acids is 1. The van der Waals surface area contributed by atoms with Crippen LogP contribution >= 0.6 is 23.2 Å². The van der Waals surface area contributed by atoms with E-state index >= 15 is 0 Å². The molecule has 0 spiro atoms. The number of rotatable bonds is 6. The Labute approximate surface area is 146 Å². The molecule has 124 valence electrons. The van der Waals surface area contributed by atoms with Crippen molar-refractivity contribution in [3.8, 4) is 0 Å². The summed E-state index contributed by atoms with van der Waals surface area (Å²) < 4.78 is 10.1. The van der Waals surface area contributed by atoms with Crippen LogP contribution in [-0.4, -0.2) is 30.3 Å². The van der Waals surface area contributed by atoms with Crippen LogP contribution in [0, 0.1) is 0 Å². The van der Waals surface area contributed by atoms with Gasteiger partial charge in [0.2, 0.25) is 0 Å². The quantitative estimate of drug-likeness (QED) is 0.357. The fourth-order valence-electron chi connectivity index (χ4n) is 2.20. The lowest BCUT2D eigenvalue weighted by molar-refractivity contribution is -0.0273. The Morgan fingerprint density at radius 3 is 2.83 bits per heavy atom. The average molecular weight is 356 g/mol. The van der Waals surface area contributed by atoms with Crippen molar-refractivity contribution in [1.29, 1.82) is 0 Å². The Morgan fingerprint density at radius 1 is 1.39 bits per heavy atom. The molecule has 23 heavy (non-hydrogen) atoms. The fraction of sp³-hybridized carbons (Fsp3) is 0.353. The molecule has 2 unspecified atom stereocenters. The highest BCUT2D eigenvalue weighted by Gasteiger charge is 2.34. The molecule has 0 heterocycles. The number of benzene rings is 1. The number of anilines is 1. The van der Waals surface area contributed by atoms with Gasteiger partial charge in [-0.1, -0.05) is 35.9 Å². The van der Waals surface area contributed by atoms with Crippen molar-refractivity contribution in [1.82, 2.24) is 0 Å². The van der Waals surface area contributed by atoms with Gasteiger partial charge < -0.3 is 14.8 Å². The van der Waals surface area contributed by atoms with E-state index in [1.54, 1.807) is 24.3 Å². The number of ether oxygens (including phenoxy) is 2. The maximum Gasteiger partial charge on any atom is 0.342 e. The third kappa shape index (κ3) is 4.50. The van der Waals surface area contributed by atoms with Gasteiger partial charge in [-0.3, -0.25) is 0 Å². The standard InChI is InChI=1S/C17H19Cl2NO3/c1-3-22-11-23-16(21)12-7-4-5-9-14(12)20-15-13(18)8-6-10-17(15,2)19/h4-10,15,20H,3,11H2,1-2H3. The Balaban J connectivity index is 2.19. The van der Waals surface area contributed by atoms with Gasteiger partial charge in [-0.25, -0.2) is 4.79 Å². The van der Waals surface area contributed by atoms with Crippen LogP contribution in [-0.2, 0) is 9.47 Å². The zero-order chi connectivity index (χ0) is 16.9. The SMILES string of the molecule is CCOCOC(=O)c1ccccc1NC1C(Cl)=CC=CC1(C)Cl. The molecule has 1 aliphatic carbocycles. The third-order valence-corrected chi connectivity index (χ3v) is 4.13. The number of carbonyl (C=O) groups is 1. The highest BCUT2D eigenvalue weighted by Crippen LogP contribution is 2.34. The lowest BCUT2D eigenvalue weighted by Gasteiger charge is -2.33. The third-order valence-electron chi connectivity index (χ3n) is 3.44. The van der Waals surface area contributed by atoms with Gasteiger partial charge in [0, 0.05) is 17.3 Å². The van der Waals surface area contributed by atoms with E-state index in [4.69, 9.17) is 32.7 Å². The summed E-state index contributed by atoms with van der Waals surface area (Å²) in [5.74, 6) is -0.468. The Kier molecular flexibility index (Phi) is 6.10. The molecular formula is C17H19Cl2NO3. The van der Waals surface area contributed by atoms with Crippen molar-refractivity contribution in [3.63, 3.8) is 0 Å². The lowest BCUT2D eigenvalue weighted by Crippen LogP contribution is -2.40. The van der Waals surface area contributed by atoms with Crippen LogP contribution in [0.5, 0.6) is 0 Å². The number of hydrogen-bond donors (Lipinski definition) is 1. The molecule has 2 rings (SSSR count). The van der Waals surface area contributed by atoms with Gasteiger partial charge in [0.15, 0.2) is 6.79 Å². The summed E-state index contributed by atoms with van der Waals surface area (Å²) >= 11 is 12.8. The van der Waals surface area contributed by atoms with Gasteiger partial charge in [-0.05, 0) is 32.1 Å². The van der Waals surface area contributed by atoms with Crippen molar-refractivity contribution in [3.05, 3.63) is 53.1 Å². The van der Waals surface area contributed by atoms with Gasteiger partial charge in [0.1, 0.15) is 0 Å². The summed E-state index contributed by atoms with van der Waals surface area (Å²) in [4.78, 5) is 11.5. The van der Waals surface area contributed by atoms with E-state index in [1.165, 1.54) is 0 Å². The zero-order valence-corrected chi connectivity index (χ0v) is 14.5. The summed E-state index contributed by atoms with van der Waals surface area (Å²) in [5, 5.41) is 3.81. The summed E-state index contributed by atoms with van der Waals surface area (Å²) in [7, 11) is 0. The maximum absolute atomic E-state index is 12.2. The highest BCUT2D eigenvalue weighted by atomic mass is 35.5. The molecule has 0 aromatic heterocycles. The molecule has 0 saturated carbocycles. The van der Waals surface area contributed by atoms with Crippen LogP contribution in [0.3, 0.4) is 0 Å². The van der Waals surface area contributed by atoms with Crippen LogP contribution in [0.2, 0.25) is 0 Å². The van der Waals surface area contributed by atoms with E-state index in [-0.39, 0.29) is 12.8 Å². The van der Waals surface area contributed by atoms with Gasteiger partial charge in [-0.2, -0.15) is 0 Å². The number of allylic oxidation sites excluding steroid dienone is 2. The molecule has 1 aromatic rings. The summed E-state index contributed by atoms with van der Waals surface area (Å²) in [6, 6.07) is 6.70. The van der Waals surface area contributed by atoms with Crippen LogP contribution in [0.25, 0.3) is 0 Å². The molecule has 0 amide bonds. The molecule has 0 aliphatic heterocycles. The molecule has 0 radical (unpaired) electrons. The first kappa shape index (κ1) is 17.9. The van der Waals surface area contributed by atoms with Gasteiger partial charge >= 0.3 is 5.97 Å². The molecule has 2 atom stereocenters. The molecular weight excluding hydrogens is 337 g/mol. The number of hydrogen-bond acceptors (Lipinski definition) is 4. The van der Waals surface area contributed by atoms with Crippen molar-refractivity contribution in [2.24, 2.45) is 0 Å². The van der Waals surface area contributed by atoms with Crippen molar-refractivity contribution in [2.75, 3.05) is 18.7 Å². The van der Waals surface area contributed by atoms with E-state index in [0.29, 0.717) is 22.9 Å². The second-order valence-corrected chi connectivity index (χ2v) is 6.48. The van der Waals surface area contributed by atoms with Crippen LogP contribution in [0.15, 0.2) is 47.5 Å². The van der Waals surface area contributed by atoms with Gasteiger partial charge in [-0.15, -0.1) is 11.6 Å². The van der Waals surface area contributed by atoms with E-state index in [1.807, 2.05) is 32.1 Å². The first-order chi connectivity index (χ1) is 11.0. The minimum atomic E-state index is -0.700. The number of para-hydroxylation sites is 1. The zero-order valence-electron chi connectivity index (χ0n) is 13.0. The van der Waals surface area contributed by atoms with E-state index in [2.05, 4.69) is 5.32 Å². The predicted molar refractivity (Wildman–Crippen MR) is 93.1 cm³/mol. The van der Waals surface area contributed by atoms with Crippen molar-refractivity contribution >= 4 is 34.9 Å². The fourth-order valence-corrected chi connectivity index (χ4v) is 2.85. The molecule has 1 aliphatic rings. The Bertz CT molecular complexity index is 626. The molecule has 4 nitrogen and oxygen atoms in total. The minimum absolute atomic E-state index is 0.0796. The average Bonchev–Trinajstić information content (AvgIpc) is 2.51. The summed E-state index contributed by atoms with van der Waals surface area (Å²) in [6.07, 6.45) is 5.45. The van der Waals surface area contributed by atoms with Gasteiger partial charge in [0.25, 0.3) is 0 Å². The maximum atomic E-state index is 12.2. The normalized spacial score (nSPS) is 23.3. The van der Waals surface area contributed by atoms with Crippen LogP contribution in [0.1, 0.15) is 24.2 Å². The number of nitrogens with one attached hydrogen (secondary N) is 1. The van der Waals surface area contributed by atoms with E-state index in [0.717, 1.165) is 0 Å². The van der Waals surface area contributed by atoms with Gasteiger partial charge in [0.05, 0.1) is 16.5 Å². The first-order valence-electron chi connectivity index (χ1n) is 7.30. The van der Waals surface area contributed by atoms with E-state index in [9.17, 15) is 4.79 Å². The summed E-state index contributed by atoms with van der Waals surface area (Å²) in [6.45, 7) is 4.08. The smallest absolute Gasteiger partial charge is 0.342 e. The largest absolute Gasteiger partial charge is 0.435 e. The molecule has 1 N–H and O–H groups in total. The molecule has 6 heteroatoms. The number of halogens is 2. The molecule has 0 fully saturated rings. The molecule has 0 bridgehead atoms. The Hall–Kier alpha value is -1.49. The van der Waals surface area contributed by atoms with E-state index < -0.39 is 10.8 Å². The number of alkyl halides is 1. The predicted octanol–water partition coefficient (Wildman–Crippen LogP) is 4.31. The highest BCUT2D eigenvalue weighted by molar-refractivity contribution is 6.33. The molecule has 0 saturated heterocycles. The summed E-state index contributed by atoms with van der Waals surface area (Å²) in [5.41, 5.74) is 1.01. The van der Waals surface area contributed by atoms with Crippen molar-refractivity contribution < 1.29 is 14.3 Å². The van der Waals surface area contributed by atoms with Crippen LogP contribution < -0.4 is 5.32 Å². The Morgan fingerprint density at radius 2 is 2.13 bits per heavy atom. The lowest BCUT2D eigenvalue weighted by atomic mass is 9.95. The molecule has 1 aromatic carbocycles. The van der Waals surface area contributed by atoms with Crippen molar-refractivity contribution in [2.45, 2.75) is 24.8 Å². The van der Waals surface area contributed by atoms with Crippen LogP contribution in [0.4, 0.5) is 5.69 Å². The second kappa shape index (κ2) is 7.86. The monoisotopic (exact) mass is 355 g/mol.